The van der Waals surface area contributed by atoms with E-state index in [1.54, 1.807) is 0 Å². The molecule has 3 atom stereocenters. The molecule has 0 aromatic carbocycles. The predicted molar refractivity (Wildman–Crippen MR) is 69.7 cm³/mol. The van der Waals surface area contributed by atoms with Crippen molar-refractivity contribution < 1.29 is 4.21 Å². The molecule has 15 heavy (non-hydrogen) atoms. The van der Waals surface area contributed by atoms with Crippen molar-refractivity contribution >= 4 is 10.8 Å². The summed E-state index contributed by atoms with van der Waals surface area (Å²) in [5.74, 6) is 2.39. The summed E-state index contributed by atoms with van der Waals surface area (Å²) in [7, 11) is 1.40. The zero-order chi connectivity index (χ0) is 11.7. The Labute approximate surface area is 97.7 Å². The fraction of sp³-hybridized carbons (Fsp3) is 1.00. The van der Waals surface area contributed by atoms with Crippen LogP contribution in [0.2, 0.25) is 0 Å². The van der Waals surface area contributed by atoms with Crippen LogP contribution in [0.5, 0.6) is 0 Å². The van der Waals surface area contributed by atoms with Gasteiger partial charge in [0.15, 0.2) is 0 Å². The van der Waals surface area contributed by atoms with E-state index in [1.807, 2.05) is 7.05 Å². The maximum atomic E-state index is 11.6. The van der Waals surface area contributed by atoms with Crippen molar-refractivity contribution in [3.8, 4) is 0 Å². The number of unbranched alkanes of at least 4 members (excludes halogenated alkanes) is 1. The fourth-order valence-corrected chi connectivity index (χ4v) is 2.94. The highest BCUT2D eigenvalue weighted by atomic mass is 32.2. The standard InChI is InChI=1S/C12H27NOS/c1-5-11(2)10-15(14)9-7-6-8-12(3)13-4/h11-13H,5-10H2,1-4H3. The highest BCUT2D eigenvalue weighted by Crippen LogP contribution is 2.06. The maximum Gasteiger partial charge on any atom is 0.0260 e. The zero-order valence-electron chi connectivity index (χ0n) is 10.7. The second kappa shape index (κ2) is 9.34. The largest absolute Gasteiger partial charge is 0.317 e. The molecule has 0 aromatic rings. The van der Waals surface area contributed by atoms with E-state index in [9.17, 15) is 4.21 Å². The lowest BCUT2D eigenvalue weighted by molar-refractivity contribution is 0.537. The van der Waals surface area contributed by atoms with Gasteiger partial charge >= 0.3 is 0 Å². The monoisotopic (exact) mass is 233 g/mol. The highest BCUT2D eigenvalue weighted by Gasteiger charge is 2.05. The third kappa shape index (κ3) is 9.06. The Morgan fingerprint density at radius 3 is 2.47 bits per heavy atom. The SMILES string of the molecule is CCC(C)CS(=O)CCCCC(C)NC. The van der Waals surface area contributed by atoms with Crippen LogP contribution in [0.3, 0.4) is 0 Å². The number of hydrogen-bond donors (Lipinski definition) is 1. The minimum absolute atomic E-state index is 0.587. The van der Waals surface area contributed by atoms with Crippen LogP contribution in [-0.4, -0.2) is 28.8 Å². The van der Waals surface area contributed by atoms with Crippen LogP contribution in [0.1, 0.15) is 46.5 Å². The molecular weight excluding hydrogens is 206 g/mol. The zero-order valence-corrected chi connectivity index (χ0v) is 11.5. The molecule has 0 aromatic heterocycles. The molecule has 92 valence electrons. The van der Waals surface area contributed by atoms with Gasteiger partial charge in [0.2, 0.25) is 0 Å². The quantitative estimate of drug-likeness (QED) is 0.620. The molecule has 0 bridgehead atoms. The minimum atomic E-state index is -0.587. The van der Waals surface area contributed by atoms with Gasteiger partial charge in [-0.2, -0.15) is 0 Å². The Morgan fingerprint density at radius 1 is 1.27 bits per heavy atom. The van der Waals surface area contributed by atoms with Gasteiger partial charge in [-0.3, -0.25) is 4.21 Å². The lowest BCUT2D eigenvalue weighted by atomic mass is 10.1. The maximum absolute atomic E-state index is 11.6. The van der Waals surface area contributed by atoms with Gasteiger partial charge in [-0.15, -0.1) is 0 Å². The highest BCUT2D eigenvalue weighted by molar-refractivity contribution is 7.84. The van der Waals surface area contributed by atoms with E-state index in [2.05, 4.69) is 26.1 Å². The molecule has 0 aliphatic heterocycles. The van der Waals surface area contributed by atoms with Crippen LogP contribution in [0.4, 0.5) is 0 Å². The van der Waals surface area contributed by atoms with Gasteiger partial charge in [0.05, 0.1) is 0 Å². The third-order valence-corrected chi connectivity index (χ3v) is 4.60. The smallest absolute Gasteiger partial charge is 0.0260 e. The molecule has 0 fully saturated rings. The van der Waals surface area contributed by atoms with Gasteiger partial charge < -0.3 is 5.32 Å². The Hall–Kier alpha value is 0.110. The van der Waals surface area contributed by atoms with Crippen molar-refractivity contribution in [3.05, 3.63) is 0 Å². The minimum Gasteiger partial charge on any atom is -0.317 e. The first-order valence-electron chi connectivity index (χ1n) is 6.12. The van der Waals surface area contributed by atoms with Crippen LogP contribution in [-0.2, 0) is 10.8 Å². The van der Waals surface area contributed by atoms with Crippen LogP contribution < -0.4 is 5.32 Å². The summed E-state index contributed by atoms with van der Waals surface area (Å²) in [5, 5.41) is 3.22. The van der Waals surface area contributed by atoms with E-state index in [1.165, 1.54) is 12.8 Å². The Balaban J connectivity index is 3.39. The number of nitrogens with one attached hydrogen (secondary N) is 1. The van der Waals surface area contributed by atoms with Gasteiger partial charge in [0, 0.05) is 28.3 Å². The van der Waals surface area contributed by atoms with Crippen molar-refractivity contribution in [2.75, 3.05) is 18.6 Å². The lowest BCUT2D eigenvalue weighted by Crippen LogP contribution is -2.21. The van der Waals surface area contributed by atoms with Crippen molar-refractivity contribution in [2.24, 2.45) is 5.92 Å². The Bertz CT molecular complexity index is 173. The molecule has 0 amide bonds. The molecule has 2 nitrogen and oxygen atoms in total. The lowest BCUT2D eigenvalue weighted by Gasteiger charge is -2.10. The molecule has 0 aliphatic rings. The average molecular weight is 233 g/mol. The van der Waals surface area contributed by atoms with Gasteiger partial charge in [0.25, 0.3) is 0 Å². The summed E-state index contributed by atoms with van der Waals surface area (Å²) in [5.41, 5.74) is 0. The van der Waals surface area contributed by atoms with Gasteiger partial charge in [-0.25, -0.2) is 0 Å². The second-order valence-electron chi connectivity index (χ2n) is 4.51. The van der Waals surface area contributed by atoms with E-state index >= 15 is 0 Å². The molecule has 0 rings (SSSR count). The van der Waals surface area contributed by atoms with Crippen LogP contribution in [0.25, 0.3) is 0 Å². The molecule has 0 aliphatic carbocycles. The average Bonchev–Trinajstić information content (AvgIpc) is 2.23. The predicted octanol–water partition coefficient (Wildman–Crippen LogP) is 2.56. The summed E-state index contributed by atoms with van der Waals surface area (Å²) in [4.78, 5) is 0. The van der Waals surface area contributed by atoms with Crippen molar-refractivity contribution in [1.29, 1.82) is 0 Å². The van der Waals surface area contributed by atoms with E-state index in [4.69, 9.17) is 0 Å². The Morgan fingerprint density at radius 2 is 1.93 bits per heavy atom. The van der Waals surface area contributed by atoms with Crippen molar-refractivity contribution in [3.63, 3.8) is 0 Å². The third-order valence-electron chi connectivity index (χ3n) is 2.92. The molecular formula is C12H27NOS. The van der Waals surface area contributed by atoms with Gasteiger partial charge in [-0.1, -0.05) is 26.7 Å². The van der Waals surface area contributed by atoms with Gasteiger partial charge in [-0.05, 0) is 32.7 Å². The summed E-state index contributed by atoms with van der Waals surface area (Å²) in [6.45, 7) is 6.54. The molecule has 0 saturated heterocycles. The van der Waals surface area contributed by atoms with Crippen molar-refractivity contribution in [2.45, 2.75) is 52.5 Å². The molecule has 0 spiro atoms. The topological polar surface area (TPSA) is 29.1 Å². The van der Waals surface area contributed by atoms with E-state index in [0.29, 0.717) is 12.0 Å². The first-order chi connectivity index (χ1) is 7.10. The summed E-state index contributed by atoms with van der Waals surface area (Å²) >= 11 is 0. The second-order valence-corrected chi connectivity index (χ2v) is 6.13. The first kappa shape index (κ1) is 15.1. The molecule has 0 heterocycles. The van der Waals surface area contributed by atoms with Gasteiger partial charge in [0.1, 0.15) is 0 Å². The summed E-state index contributed by atoms with van der Waals surface area (Å²) in [6, 6.07) is 0.591. The summed E-state index contributed by atoms with van der Waals surface area (Å²) < 4.78 is 11.6. The number of hydrogen-bond acceptors (Lipinski definition) is 2. The molecule has 3 unspecified atom stereocenters. The van der Waals surface area contributed by atoms with Crippen molar-refractivity contribution in [1.82, 2.24) is 5.32 Å². The number of rotatable bonds is 9. The van der Waals surface area contributed by atoms with Crippen LogP contribution in [0, 0.1) is 5.92 Å². The van der Waals surface area contributed by atoms with E-state index in [0.717, 1.165) is 24.3 Å². The molecule has 1 N–H and O–H groups in total. The van der Waals surface area contributed by atoms with Crippen LogP contribution in [0.15, 0.2) is 0 Å². The normalized spacial score (nSPS) is 17.3. The van der Waals surface area contributed by atoms with E-state index in [-0.39, 0.29) is 0 Å². The van der Waals surface area contributed by atoms with E-state index < -0.39 is 10.8 Å². The Kier molecular flexibility index (Phi) is 9.41. The van der Waals surface area contributed by atoms with Crippen LogP contribution >= 0.6 is 0 Å². The first-order valence-corrected chi connectivity index (χ1v) is 7.61. The fourth-order valence-electron chi connectivity index (χ4n) is 1.38. The summed E-state index contributed by atoms with van der Waals surface area (Å²) in [6.07, 6.45) is 4.63. The molecule has 3 heteroatoms. The molecule has 0 radical (unpaired) electrons. The molecule has 0 saturated carbocycles.